The Morgan fingerprint density at radius 2 is 1.45 bits per heavy atom. The highest BCUT2D eigenvalue weighted by molar-refractivity contribution is 6.10. The first kappa shape index (κ1) is 26.0. The summed E-state index contributed by atoms with van der Waals surface area (Å²) >= 11 is 0. The second-order valence-electron chi connectivity index (χ2n) is 12.1. The molecule has 0 spiro atoms. The molecule has 0 unspecified atom stereocenters. The number of hydrogen-bond acceptors (Lipinski definition) is 4. The van der Waals surface area contributed by atoms with Gasteiger partial charge in [-0.2, -0.15) is 0 Å². The van der Waals surface area contributed by atoms with Gasteiger partial charge in [-0.25, -0.2) is 9.97 Å². The van der Waals surface area contributed by atoms with Crippen LogP contribution in [0, 0.1) is 0 Å². The van der Waals surface area contributed by atoms with Gasteiger partial charge in [0.25, 0.3) is 0 Å². The van der Waals surface area contributed by atoms with Crippen molar-refractivity contribution in [3.63, 3.8) is 0 Å². The van der Waals surface area contributed by atoms with Crippen LogP contribution in [-0.2, 0) is 5.41 Å². The van der Waals surface area contributed by atoms with Crippen molar-refractivity contribution in [2.45, 2.75) is 26.2 Å². The maximum absolute atomic E-state index is 6.03. The zero-order chi connectivity index (χ0) is 29.8. The summed E-state index contributed by atoms with van der Waals surface area (Å²) in [6, 6.07) is 40.0. The molecule has 0 saturated heterocycles. The molecule has 4 aromatic heterocycles. The van der Waals surface area contributed by atoms with Crippen molar-refractivity contribution < 1.29 is 4.42 Å². The number of aromatic nitrogens is 4. The normalized spacial score (nSPS) is 12.0. The highest BCUT2D eigenvalue weighted by Crippen LogP contribution is 2.40. The highest BCUT2D eigenvalue weighted by atomic mass is 16.3. The van der Waals surface area contributed by atoms with Gasteiger partial charge in [0, 0.05) is 28.7 Å². The monoisotopic (exact) mass is 573 g/mol. The first-order valence-electron chi connectivity index (χ1n) is 14.8. The average Bonchev–Trinajstić information content (AvgIpc) is 3.79. The van der Waals surface area contributed by atoms with E-state index in [1.165, 1.54) is 16.3 Å². The van der Waals surface area contributed by atoms with Gasteiger partial charge in [-0.05, 0) is 77.7 Å². The van der Waals surface area contributed by atoms with Gasteiger partial charge in [0.05, 0.1) is 39.7 Å². The molecule has 0 fully saturated rings. The molecular formula is C38H31N5O. The minimum atomic E-state index is 0.00325. The smallest absolute Gasteiger partial charge is 0.204 e. The quantitative estimate of drug-likeness (QED) is 0.206. The highest BCUT2D eigenvalue weighted by Gasteiger charge is 2.21. The van der Waals surface area contributed by atoms with Gasteiger partial charge in [0.15, 0.2) is 0 Å². The number of rotatable bonds is 5. The molecule has 0 saturated carbocycles. The van der Waals surface area contributed by atoms with E-state index in [-0.39, 0.29) is 5.41 Å². The third-order valence-electron chi connectivity index (χ3n) is 8.30. The van der Waals surface area contributed by atoms with Crippen LogP contribution in [-0.4, -0.2) is 19.1 Å². The van der Waals surface area contributed by atoms with Gasteiger partial charge in [0.2, 0.25) is 5.88 Å². The third-order valence-corrected chi connectivity index (χ3v) is 8.30. The van der Waals surface area contributed by atoms with E-state index >= 15 is 0 Å². The lowest BCUT2D eigenvalue weighted by molar-refractivity contribution is 0.574. The molecule has 0 N–H and O–H groups in total. The molecule has 0 aliphatic carbocycles. The van der Waals surface area contributed by atoms with Gasteiger partial charge >= 0.3 is 0 Å². The predicted molar refractivity (Wildman–Crippen MR) is 179 cm³/mol. The van der Waals surface area contributed by atoms with Crippen LogP contribution in [0.15, 0.2) is 138 Å². The van der Waals surface area contributed by atoms with Crippen molar-refractivity contribution in [1.29, 1.82) is 0 Å². The van der Waals surface area contributed by atoms with Crippen molar-refractivity contribution in [1.82, 2.24) is 19.1 Å². The van der Waals surface area contributed by atoms with E-state index in [1.807, 2.05) is 42.9 Å². The number of imidazole rings is 1. The third kappa shape index (κ3) is 4.26. The maximum Gasteiger partial charge on any atom is 0.204 e. The summed E-state index contributed by atoms with van der Waals surface area (Å²) < 4.78 is 10.4. The van der Waals surface area contributed by atoms with Gasteiger partial charge in [0.1, 0.15) is 12.1 Å². The SMILES string of the molecule is CC(C)(C)c1ccnc(-n2c3ccccc3c3ccc(N(c4cccc(-n5cnc6ccccc65)c4)c4ccco4)cc32)c1. The standard InChI is InChI=1S/C38H31N5O/c1-38(2,3)26-19-20-39-36(22-26)43-33-14-6-4-12-30(33)31-18-17-29(24-35(31)43)42(37-16-9-21-44-37)28-11-8-10-27(23-28)41-25-40-32-13-5-7-15-34(32)41/h4-25H,1-3H3. The first-order valence-corrected chi connectivity index (χ1v) is 14.8. The van der Waals surface area contributed by atoms with Crippen LogP contribution in [0.5, 0.6) is 0 Å². The fourth-order valence-corrected chi connectivity index (χ4v) is 6.10. The number of nitrogens with zero attached hydrogens (tertiary/aromatic N) is 5. The fourth-order valence-electron chi connectivity index (χ4n) is 6.10. The Kier molecular flexibility index (Phi) is 5.91. The van der Waals surface area contributed by atoms with Crippen molar-refractivity contribution in [3.8, 4) is 11.5 Å². The molecule has 8 rings (SSSR count). The van der Waals surface area contributed by atoms with E-state index in [4.69, 9.17) is 9.40 Å². The van der Waals surface area contributed by atoms with Gasteiger partial charge in [-0.1, -0.05) is 63.2 Å². The molecule has 0 amide bonds. The molecule has 4 aromatic carbocycles. The van der Waals surface area contributed by atoms with E-state index in [0.29, 0.717) is 0 Å². The Hall–Kier alpha value is -5.62. The maximum atomic E-state index is 6.03. The Balaban J connectivity index is 1.33. The van der Waals surface area contributed by atoms with Gasteiger partial charge in [-0.3, -0.25) is 14.0 Å². The van der Waals surface area contributed by atoms with E-state index in [0.717, 1.165) is 50.8 Å². The average molecular weight is 574 g/mol. The molecule has 214 valence electrons. The van der Waals surface area contributed by atoms with Crippen LogP contribution in [0.2, 0.25) is 0 Å². The molecule has 0 radical (unpaired) electrons. The van der Waals surface area contributed by atoms with E-state index in [9.17, 15) is 0 Å². The number of hydrogen-bond donors (Lipinski definition) is 0. The zero-order valence-electron chi connectivity index (χ0n) is 24.8. The zero-order valence-corrected chi connectivity index (χ0v) is 24.8. The molecular weight excluding hydrogens is 542 g/mol. The first-order chi connectivity index (χ1) is 21.5. The Labute approximate surface area is 255 Å². The molecule has 44 heavy (non-hydrogen) atoms. The van der Waals surface area contributed by atoms with Crippen LogP contribution < -0.4 is 4.90 Å². The minimum Gasteiger partial charge on any atom is -0.448 e. The summed E-state index contributed by atoms with van der Waals surface area (Å²) in [5.41, 5.74) is 8.45. The van der Waals surface area contributed by atoms with Crippen LogP contribution in [0.25, 0.3) is 44.3 Å². The Morgan fingerprint density at radius 3 is 2.30 bits per heavy atom. The van der Waals surface area contributed by atoms with E-state index < -0.39 is 0 Å². The number of fused-ring (bicyclic) bond motifs is 4. The lowest BCUT2D eigenvalue weighted by atomic mass is 9.88. The Morgan fingerprint density at radius 1 is 0.659 bits per heavy atom. The predicted octanol–water partition coefficient (Wildman–Crippen LogP) is 9.88. The van der Waals surface area contributed by atoms with Crippen LogP contribution in [0.1, 0.15) is 26.3 Å². The minimum absolute atomic E-state index is 0.00325. The summed E-state index contributed by atoms with van der Waals surface area (Å²) in [5.74, 6) is 1.63. The molecule has 4 heterocycles. The number of anilines is 3. The number of benzene rings is 4. The van der Waals surface area contributed by atoms with Gasteiger partial charge in [-0.15, -0.1) is 0 Å². The number of furan rings is 1. The van der Waals surface area contributed by atoms with Crippen molar-refractivity contribution in [2.24, 2.45) is 0 Å². The Bertz CT molecular complexity index is 2280. The van der Waals surface area contributed by atoms with Crippen molar-refractivity contribution in [3.05, 3.63) is 140 Å². The largest absolute Gasteiger partial charge is 0.448 e. The molecule has 0 atom stereocenters. The summed E-state index contributed by atoms with van der Waals surface area (Å²) in [5, 5.41) is 2.36. The van der Waals surface area contributed by atoms with Gasteiger partial charge < -0.3 is 4.42 Å². The van der Waals surface area contributed by atoms with Crippen LogP contribution >= 0.6 is 0 Å². The fraction of sp³-hybridized carbons (Fsp3) is 0.105. The molecule has 6 nitrogen and oxygen atoms in total. The summed E-state index contributed by atoms with van der Waals surface area (Å²) in [4.78, 5) is 11.6. The molecule has 0 aliphatic heterocycles. The second kappa shape index (κ2) is 9.99. The summed E-state index contributed by atoms with van der Waals surface area (Å²) in [7, 11) is 0. The van der Waals surface area contributed by atoms with Crippen molar-refractivity contribution in [2.75, 3.05) is 4.90 Å². The molecule has 0 bridgehead atoms. The lowest BCUT2D eigenvalue weighted by Gasteiger charge is -2.23. The number of para-hydroxylation sites is 3. The van der Waals surface area contributed by atoms with Crippen LogP contribution in [0.4, 0.5) is 17.3 Å². The van der Waals surface area contributed by atoms with Crippen molar-refractivity contribution >= 4 is 50.1 Å². The summed E-state index contributed by atoms with van der Waals surface area (Å²) in [6.45, 7) is 6.70. The summed E-state index contributed by atoms with van der Waals surface area (Å²) in [6.07, 6.45) is 5.51. The second-order valence-corrected chi connectivity index (χ2v) is 12.1. The molecule has 6 heteroatoms. The lowest BCUT2D eigenvalue weighted by Crippen LogP contribution is -2.12. The topological polar surface area (TPSA) is 52.0 Å². The number of pyridine rings is 1. The molecule has 8 aromatic rings. The van der Waals surface area contributed by atoms with E-state index in [1.54, 1.807) is 6.26 Å². The molecule has 0 aliphatic rings. The van der Waals surface area contributed by atoms with Crippen LogP contribution in [0.3, 0.4) is 0 Å². The van der Waals surface area contributed by atoms with E-state index in [2.05, 4.69) is 125 Å².